The quantitative estimate of drug-likeness (QED) is 0.808. The summed E-state index contributed by atoms with van der Waals surface area (Å²) < 4.78 is 0. The summed E-state index contributed by atoms with van der Waals surface area (Å²) in [7, 11) is 0. The highest BCUT2D eigenvalue weighted by Gasteiger charge is 2.33. The van der Waals surface area contributed by atoms with Crippen molar-refractivity contribution < 1.29 is 0 Å². The highest BCUT2D eigenvalue weighted by molar-refractivity contribution is 5.47. The molecule has 0 aromatic carbocycles. The van der Waals surface area contributed by atoms with Crippen molar-refractivity contribution in [1.29, 1.82) is 0 Å². The first-order valence-corrected chi connectivity index (χ1v) is 6.83. The number of nitrogens with two attached hydrogens (primary N) is 1. The highest BCUT2D eigenvalue weighted by atomic mass is 15.2. The lowest BCUT2D eigenvalue weighted by atomic mass is 9.78. The summed E-state index contributed by atoms with van der Waals surface area (Å²) in [6.07, 6.45) is 10.1. The minimum absolute atomic E-state index is 0.730. The average Bonchev–Trinajstić information content (AvgIpc) is 2.39. The molecule has 2 N–H and O–H groups in total. The fourth-order valence-electron chi connectivity index (χ4n) is 3.48. The van der Waals surface area contributed by atoms with Crippen molar-refractivity contribution in [3.63, 3.8) is 0 Å². The van der Waals surface area contributed by atoms with Gasteiger partial charge in [0.15, 0.2) is 0 Å². The minimum atomic E-state index is 0.730. The van der Waals surface area contributed by atoms with Gasteiger partial charge < -0.3 is 10.6 Å². The number of hydrogen-bond acceptors (Lipinski definition) is 3. The lowest BCUT2D eigenvalue weighted by Gasteiger charge is -2.44. The summed E-state index contributed by atoms with van der Waals surface area (Å²) in [5, 5.41) is 0. The van der Waals surface area contributed by atoms with Crippen LogP contribution < -0.4 is 10.6 Å². The smallest absolute Gasteiger partial charge is 0.128 e. The van der Waals surface area contributed by atoms with Gasteiger partial charge in [-0.3, -0.25) is 0 Å². The normalized spacial score (nSPS) is 28.8. The molecule has 0 amide bonds. The van der Waals surface area contributed by atoms with Crippen LogP contribution >= 0.6 is 0 Å². The van der Waals surface area contributed by atoms with Gasteiger partial charge in [-0.25, -0.2) is 4.98 Å². The molecule has 3 rings (SSSR count). The molecule has 0 bridgehead atoms. The predicted molar refractivity (Wildman–Crippen MR) is 71.0 cm³/mol. The van der Waals surface area contributed by atoms with Crippen molar-refractivity contribution in [3.8, 4) is 0 Å². The predicted octanol–water partition coefficient (Wildman–Crippen LogP) is 2.82. The van der Waals surface area contributed by atoms with Gasteiger partial charge in [-0.2, -0.15) is 0 Å². The first-order valence-electron chi connectivity index (χ1n) is 6.83. The van der Waals surface area contributed by atoms with Gasteiger partial charge in [-0.05, 0) is 43.7 Å². The van der Waals surface area contributed by atoms with E-state index in [-0.39, 0.29) is 0 Å². The van der Waals surface area contributed by atoms with E-state index in [4.69, 9.17) is 5.73 Å². The van der Waals surface area contributed by atoms with Crippen LogP contribution in [0, 0.1) is 5.92 Å². The summed E-state index contributed by atoms with van der Waals surface area (Å²) in [6, 6.07) is 4.77. The number of nitrogens with zero attached hydrogens (tertiary/aromatic N) is 2. The molecule has 1 aliphatic heterocycles. The van der Waals surface area contributed by atoms with E-state index in [0.29, 0.717) is 0 Å². The molecular weight excluding hydrogens is 210 g/mol. The molecule has 0 unspecified atom stereocenters. The number of aromatic nitrogens is 1. The summed E-state index contributed by atoms with van der Waals surface area (Å²) in [5.41, 5.74) is 6.46. The Kier molecular flexibility index (Phi) is 2.91. The topological polar surface area (TPSA) is 42.1 Å². The molecule has 2 heterocycles. The van der Waals surface area contributed by atoms with Crippen LogP contribution in [-0.2, 0) is 0 Å². The van der Waals surface area contributed by atoms with E-state index in [2.05, 4.69) is 16.0 Å². The summed E-state index contributed by atoms with van der Waals surface area (Å²) in [4.78, 5) is 7.01. The van der Waals surface area contributed by atoms with Gasteiger partial charge in [0.25, 0.3) is 0 Å². The van der Waals surface area contributed by atoms with Crippen molar-refractivity contribution in [2.45, 2.75) is 44.6 Å². The molecule has 17 heavy (non-hydrogen) atoms. The molecule has 1 saturated carbocycles. The van der Waals surface area contributed by atoms with E-state index in [0.717, 1.165) is 30.0 Å². The molecule has 3 nitrogen and oxygen atoms in total. The molecule has 1 saturated heterocycles. The van der Waals surface area contributed by atoms with Gasteiger partial charge in [-0.1, -0.05) is 12.8 Å². The van der Waals surface area contributed by atoms with E-state index in [1.165, 1.54) is 38.5 Å². The molecular formula is C14H21N3. The summed E-state index contributed by atoms with van der Waals surface area (Å²) in [5.74, 6) is 2.02. The lowest BCUT2D eigenvalue weighted by molar-refractivity contribution is 0.243. The van der Waals surface area contributed by atoms with Crippen LogP contribution in [0.15, 0.2) is 18.3 Å². The Morgan fingerprint density at radius 3 is 2.76 bits per heavy atom. The SMILES string of the molecule is Nc1ccc(N2CCC[C@H]3CCCC[C@H]32)nc1. The Hall–Kier alpha value is -1.25. The maximum Gasteiger partial charge on any atom is 0.128 e. The standard InChI is InChI=1S/C14H21N3/c15-12-7-8-14(16-10-12)17-9-3-5-11-4-1-2-6-13(11)17/h7-8,10-11,13H,1-6,9,15H2/t11-,13-/m1/s1. The van der Waals surface area contributed by atoms with E-state index in [1.54, 1.807) is 6.20 Å². The molecule has 1 aromatic heterocycles. The third-order valence-electron chi connectivity index (χ3n) is 4.31. The zero-order chi connectivity index (χ0) is 11.7. The molecule has 1 aliphatic carbocycles. The Bertz CT molecular complexity index is 372. The van der Waals surface area contributed by atoms with Crippen LogP contribution in [-0.4, -0.2) is 17.6 Å². The van der Waals surface area contributed by atoms with Crippen molar-refractivity contribution >= 4 is 11.5 Å². The second-order valence-electron chi connectivity index (χ2n) is 5.40. The largest absolute Gasteiger partial charge is 0.397 e. The molecule has 92 valence electrons. The Morgan fingerprint density at radius 1 is 1.12 bits per heavy atom. The minimum Gasteiger partial charge on any atom is -0.397 e. The Morgan fingerprint density at radius 2 is 1.94 bits per heavy atom. The number of rotatable bonds is 1. The van der Waals surface area contributed by atoms with Gasteiger partial charge in [0.1, 0.15) is 5.82 Å². The fraction of sp³-hybridized carbons (Fsp3) is 0.643. The summed E-state index contributed by atoms with van der Waals surface area (Å²) >= 11 is 0. The highest BCUT2D eigenvalue weighted by Crippen LogP contribution is 2.37. The van der Waals surface area contributed by atoms with Gasteiger partial charge in [-0.15, -0.1) is 0 Å². The van der Waals surface area contributed by atoms with Gasteiger partial charge in [0.2, 0.25) is 0 Å². The zero-order valence-electron chi connectivity index (χ0n) is 10.3. The maximum absolute atomic E-state index is 5.71. The monoisotopic (exact) mass is 231 g/mol. The molecule has 2 fully saturated rings. The Balaban J connectivity index is 1.83. The second kappa shape index (κ2) is 4.55. The van der Waals surface area contributed by atoms with Crippen LogP contribution in [0.25, 0.3) is 0 Å². The summed E-state index contributed by atoms with van der Waals surface area (Å²) in [6.45, 7) is 1.16. The molecule has 2 atom stereocenters. The number of fused-ring (bicyclic) bond motifs is 1. The van der Waals surface area contributed by atoms with E-state index in [1.807, 2.05) is 6.07 Å². The average molecular weight is 231 g/mol. The molecule has 1 aromatic rings. The van der Waals surface area contributed by atoms with E-state index in [9.17, 15) is 0 Å². The van der Waals surface area contributed by atoms with Crippen molar-refractivity contribution in [2.75, 3.05) is 17.2 Å². The third-order valence-corrected chi connectivity index (χ3v) is 4.31. The van der Waals surface area contributed by atoms with Gasteiger partial charge in [0, 0.05) is 12.6 Å². The fourth-order valence-corrected chi connectivity index (χ4v) is 3.48. The number of hydrogen-bond donors (Lipinski definition) is 1. The van der Waals surface area contributed by atoms with Crippen molar-refractivity contribution in [3.05, 3.63) is 18.3 Å². The van der Waals surface area contributed by atoms with Crippen LogP contribution in [0.1, 0.15) is 38.5 Å². The zero-order valence-corrected chi connectivity index (χ0v) is 10.3. The second-order valence-corrected chi connectivity index (χ2v) is 5.40. The Labute approximate surface area is 103 Å². The first kappa shape index (κ1) is 10.9. The molecule has 0 radical (unpaired) electrons. The third kappa shape index (κ3) is 2.11. The lowest BCUT2D eigenvalue weighted by Crippen LogP contribution is -2.47. The number of anilines is 2. The van der Waals surface area contributed by atoms with Crippen molar-refractivity contribution in [1.82, 2.24) is 4.98 Å². The number of nitrogen functional groups attached to an aromatic ring is 1. The van der Waals surface area contributed by atoms with E-state index >= 15 is 0 Å². The van der Waals surface area contributed by atoms with Crippen LogP contribution in [0.2, 0.25) is 0 Å². The molecule has 2 aliphatic rings. The van der Waals surface area contributed by atoms with Crippen LogP contribution in [0.4, 0.5) is 11.5 Å². The van der Waals surface area contributed by atoms with Crippen LogP contribution in [0.5, 0.6) is 0 Å². The first-order chi connectivity index (χ1) is 8.34. The van der Waals surface area contributed by atoms with Gasteiger partial charge in [0.05, 0.1) is 11.9 Å². The van der Waals surface area contributed by atoms with Crippen LogP contribution in [0.3, 0.4) is 0 Å². The molecule has 3 heteroatoms. The maximum atomic E-state index is 5.71. The van der Waals surface area contributed by atoms with E-state index < -0.39 is 0 Å². The van der Waals surface area contributed by atoms with Crippen molar-refractivity contribution in [2.24, 2.45) is 5.92 Å². The van der Waals surface area contributed by atoms with Gasteiger partial charge >= 0.3 is 0 Å². The number of piperidine rings is 1. The number of pyridine rings is 1. The molecule has 0 spiro atoms.